The molecule has 0 bridgehead atoms. The van der Waals surface area contributed by atoms with Crippen LogP contribution >= 0.6 is 0 Å². The van der Waals surface area contributed by atoms with E-state index in [0.717, 1.165) is 22.4 Å². The number of anilines is 1. The van der Waals surface area contributed by atoms with Crippen LogP contribution in [0.5, 0.6) is 11.5 Å². The number of esters is 1. The Morgan fingerprint density at radius 3 is 2.14 bits per heavy atom. The van der Waals surface area contributed by atoms with Gasteiger partial charge in [0.2, 0.25) is 0 Å². The van der Waals surface area contributed by atoms with Crippen LogP contribution in [0.15, 0.2) is 66.7 Å². The second kappa shape index (κ2) is 9.06. The molecule has 0 saturated heterocycles. The van der Waals surface area contributed by atoms with E-state index in [0.29, 0.717) is 17.1 Å². The van der Waals surface area contributed by atoms with Gasteiger partial charge in [-0.1, -0.05) is 35.4 Å². The van der Waals surface area contributed by atoms with Gasteiger partial charge in [-0.25, -0.2) is 4.79 Å². The van der Waals surface area contributed by atoms with Gasteiger partial charge >= 0.3 is 5.97 Å². The van der Waals surface area contributed by atoms with Crippen LogP contribution in [0, 0.1) is 20.8 Å². The average Bonchev–Trinajstić information content (AvgIpc) is 2.69. The zero-order valence-corrected chi connectivity index (χ0v) is 16.7. The Labute approximate surface area is 170 Å². The lowest BCUT2D eigenvalue weighted by Crippen LogP contribution is -2.18. The molecule has 0 fully saturated rings. The maximum absolute atomic E-state index is 12.3. The summed E-state index contributed by atoms with van der Waals surface area (Å²) in [5.41, 5.74) is 4.40. The number of ether oxygens (including phenoxy) is 2. The second-order valence-electron chi connectivity index (χ2n) is 6.88. The molecule has 5 nitrogen and oxygen atoms in total. The lowest BCUT2D eigenvalue weighted by molar-refractivity contribution is -0.136. The number of carbonyl (C=O) groups excluding carboxylic acids is 2. The molecule has 3 aromatic rings. The van der Waals surface area contributed by atoms with E-state index >= 15 is 0 Å². The van der Waals surface area contributed by atoms with Crippen LogP contribution in [-0.2, 0) is 4.79 Å². The maximum Gasteiger partial charge on any atom is 0.349 e. The first-order chi connectivity index (χ1) is 13.9. The third-order valence-electron chi connectivity index (χ3n) is 4.33. The molecule has 0 radical (unpaired) electrons. The Hall–Kier alpha value is -3.60. The maximum atomic E-state index is 12.3. The van der Waals surface area contributed by atoms with Crippen LogP contribution in [0.2, 0.25) is 0 Å². The molecule has 0 spiro atoms. The van der Waals surface area contributed by atoms with Gasteiger partial charge in [0.25, 0.3) is 5.91 Å². The average molecular weight is 389 g/mol. The summed E-state index contributed by atoms with van der Waals surface area (Å²) >= 11 is 0. The largest absolute Gasteiger partial charge is 0.482 e. The van der Waals surface area contributed by atoms with Crippen molar-refractivity contribution in [1.82, 2.24) is 0 Å². The molecule has 0 atom stereocenters. The highest BCUT2D eigenvalue weighted by Gasteiger charge is 2.10. The van der Waals surface area contributed by atoms with Crippen LogP contribution in [0.25, 0.3) is 0 Å². The van der Waals surface area contributed by atoms with E-state index in [9.17, 15) is 9.59 Å². The van der Waals surface area contributed by atoms with Gasteiger partial charge in [0.05, 0.1) is 0 Å². The minimum absolute atomic E-state index is 0.195. The van der Waals surface area contributed by atoms with Crippen LogP contribution < -0.4 is 14.8 Å². The van der Waals surface area contributed by atoms with Crippen LogP contribution in [0.4, 0.5) is 5.69 Å². The van der Waals surface area contributed by atoms with Crippen LogP contribution in [0.3, 0.4) is 0 Å². The molecular formula is C24H23NO4. The quantitative estimate of drug-likeness (QED) is 0.484. The number of aryl methyl sites for hydroxylation is 3. The molecule has 3 aromatic carbocycles. The summed E-state index contributed by atoms with van der Waals surface area (Å²) in [7, 11) is 0. The number of benzene rings is 3. The van der Waals surface area contributed by atoms with E-state index in [1.54, 1.807) is 24.3 Å². The smallest absolute Gasteiger partial charge is 0.349 e. The lowest BCUT2D eigenvalue weighted by Gasteiger charge is -2.10. The summed E-state index contributed by atoms with van der Waals surface area (Å²) in [6.45, 7) is 5.71. The van der Waals surface area contributed by atoms with Gasteiger partial charge in [-0.05, 0) is 68.8 Å². The summed E-state index contributed by atoms with van der Waals surface area (Å²) in [6, 6.07) is 19.7. The van der Waals surface area contributed by atoms with Gasteiger partial charge in [0.1, 0.15) is 11.5 Å². The number of rotatable bonds is 6. The third kappa shape index (κ3) is 5.69. The van der Waals surface area contributed by atoms with Crippen molar-refractivity contribution in [2.45, 2.75) is 20.8 Å². The molecule has 1 amide bonds. The molecule has 0 aliphatic heterocycles. The zero-order chi connectivity index (χ0) is 20.8. The van der Waals surface area contributed by atoms with Crippen LogP contribution in [-0.4, -0.2) is 18.5 Å². The SMILES string of the molecule is Cc1ccc(NC(=O)c2ccc(OC(=O)COc3ccc(C)cc3C)cc2)cc1. The van der Waals surface area contributed by atoms with E-state index in [2.05, 4.69) is 5.32 Å². The normalized spacial score (nSPS) is 10.3. The van der Waals surface area contributed by atoms with E-state index in [4.69, 9.17) is 9.47 Å². The molecule has 5 heteroatoms. The molecule has 3 rings (SSSR count). The van der Waals surface area contributed by atoms with Gasteiger partial charge in [-0.3, -0.25) is 4.79 Å². The molecule has 0 heterocycles. The van der Waals surface area contributed by atoms with Gasteiger partial charge < -0.3 is 14.8 Å². The highest BCUT2D eigenvalue weighted by Crippen LogP contribution is 2.19. The van der Waals surface area contributed by atoms with Gasteiger partial charge in [0.15, 0.2) is 6.61 Å². The van der Waals surface area contributed by atoms with Crippen molar-refractivity contribution in [3.05, 3.63) is 89.0 Å². The van der Waals surface area contributed by atoms with Crippen molar-refractivity contribution < 1.29 is 19.1 Å². The fourth-order valence-corrected chi connectivity index (χ4v) is 2.77. The van der Waals surface area contributed by atoms with Crippen molar-refractivity contribution >= 4 is 17.6 Å². The Kier molecular flexibility index (Phi) is 6.29. The Morgan fingerprint density at radius 2 is 1.48 bits per heavy atom. The highest BCUT2D eigenvalue weighted by atomic mass is 16.6. The molecule has 0 unspecified atom stereocenters. The summed E-state index contributed by atoms with van der Waals surface area (Å²) in [5.74, 6) is 0.258. The summed E-state index contributed by atoms with van der Waals surface area (Å²) in [6.07, 6.45) is 0. The second-order valence-corrected chi connectivity index (χ2v) is 6.88. The lowest BCUT2D eigenvalue weighted by atomic mass is 10.1. The van der Waals surface area contributed by atoms with Crippen molar-refractivity contribution in [3.8, 4) is 11.5 Å². The summed E-state index contributed by atoms with van der Waals surface area (Å²) in [5, 5.41) is 2.83. The standard InChI is InChI=1S/C24H23NO4/c1-16-4-9-20(10-5-16)25-24(27)19-7-11-21(12-8-19)29-23(26)15-28-22-13-6-17(2)14-18(22)3/h4-14H,15H2,1-3H3,(H,25,27). The topological polar surface area (TPSA) is 64.6 Å². The predicted molar refractivity (Wildman–Crippen MR) is 113 cm³/mol. The van der Waals surface area contributed by atoms with E-state index < -0.39 is 5.97 Å². The fraction of sp³-hybridized carbons (Fsp3) is 0.167. The molecule has 29 heavy (non-hydrogen) atoms. The van der Waals surface area contributed by atoms with Crippen molar-refractivity contribution in [2.24, 2.45) is 0 Å². The molecule has 0 aliphatic carbocycles. The number of amides is 1. The molecule has 0 saturated carbocycles. The van der Waals surface area contributed by atoms with Gasteiger partial charge in [-0.2, -0.15) is 0 Å². The minimum atomic E-state index is -0.512. The van der Waals surface area contributed by atoms with E-state index in [-0.39, 0.29) is 12.5 Å². The monoisotopic (exact) mass is 389 g/mol. The third-order valence-corrected chi connectivity index (χ3v) is 4.33. The molecule has 0 aliphatic rings. The van der Waals surface area contributed by atoms with Crippen molar-refractivity contribution in [2.75, 3.05) is 11.9 Å². The molecule has 148 valence electrons. The first-order valence-corrected chi connectivity index (χ1v) is 9.29. The number of carbonyl (C=O) groups is 2. The first kappa shape index (κ1) is 20.1. The Balaban J connectivity index is 1.53. The Bertz CT molecular complexity index is 1010. The minimum Gasteiger partial charge on any atom is -0.482 e. The summed E-state index contributed by atoms with van der Waals surface area (Å²) in [4.78, 5) is 24.3. The number of hydrogen-bond acceptors (Lipinski definition) is 4. The van der Waals surface area contributed by atoms with Gasteiger partial charge in [-0.15, -0.1) is 0 Å². The van der Waals surface area contributed by atoms with E-state index in [1.165, 1.54) is 0 Å². The Morgan fingerprint density at radius 1 is 0.828 bits per heavy atom. The fourth-order valence-electron chi connectivity index (χ4n) is 2.77. The van der Waals surface area contributed by atoms with E-state index in [1.807, 2.05) is 63.2 Å². The molecule has 1 N–H and O–H groups in total. The summed E-state index contributed by atoms with van der Waals surface area (Å²) < 4.78 is 10.8. The van der Waals surface area contributed by atoms with Crippen molar-refractivity contribution in [1.29, 1.82) is 0 Å². The number of nitrogens with one attached hydrogen (secondary N) is 1. The molecule has 0 aromatic heterocycles. The van der Waals surface area contributed by atoms with Crippen LogP contribution in [0.1, 0.15) is 27.0 Å². The number of hydrogen-bond donors (Lipinski definition) is 1. The zero-order valence-electron chi connectivity index (χ0n) is 16.7. The molecular weight excluding hydrogens is 366 g/mol. The predicted octanol–water partition coefficient (Wildman–Crippen LogP) is 4.85. The highest BCUT2D eigenvalue weighted by molar-refractivity contribution is 6.04. The van der Waals surface area contributed by atoms with Crippen molar-refractivity contribution in [3.63, 3.8) is 0 Å². The first-order valence-electron chi connectivity index (χ1n) is 9.29. The van der Waals surface area contributed by atoms with Gasteiger partial charge in [0, 0.05) is 11.3 Å².